The zero-order valence-electron chi connectivity index (χ0n) is 34.1. The molecule has 2 saturated heterocycles. The van der Waals surface area contributed by atoms with Gasteiger partial charge in [0.05, 0.1) is 32.0 Å². The van der Waals surface area contributed by atoms with Crippen molar-refractivity contribution in [3.05, 3.63) is 24.3 Å². The summed E-state index contributed by atoms with van der Waals surface area (Å²) in [5.41, 5.74) is 0. The molecular weight excluding hydrogens is 726 g/mol. The summed E-state index contributed by atoms with van der Waals surface area (Å²) in [7, 11) is 0. The second kappa shape index (κ2) is 30.5. The van der Waals surface area contributed by atoms with Crippen LogP contribution < -0.4 is 5.32 Å². The van der Waals surface area contributed by atoms with Crippen LogP contribution in [0.1, 0.15) is 142 Å². The topological polar surface area (TPSA) is 228 Å². The molecule has 2 aliphatic rings. The number of carbonyl (C=O) groups excluding carboxylic acids is 1. The molecule has 2 rings (SSSR count). The first-order chi connectivity index (χ1) is 27.1. The zero-order valence-corrected chi connectivity index (χ0v) is 34.1. The Kier molecular flexibility index (Phi) is 27.6. The van der Waals surface area contributed by atoms with Crippen LogP contribution in [-0.2, 0) is 23.7 Å². The van der Waals surface area contributed by atoms with Crippen LogP contribution in [0, 0.1) is 0 Å². The van der Waals surface area contributed by atoms with E-state index in [4.69, 9.17) is 18.9 Å². The van der Waals surface area contributed by atoms with Crippen molar-refractivity contribution in [2.45, 2.75) is 216 Å². The Morgan fingerprint density at radius 1 is 0.625 bits per heavy atom. The maximum absolute atomic E-state index is 12.6. The number of carbonyl (C=O) groups is 1. The number of hydrogen-bond donors (Lipinski definition) is 9. The molecule has 0 aromatic rings. The van der Waals surface area contributed by atoms with E-state index < -0.39 is 86.8 Å². The van der Waals surface area contributed by atoms with Gasteiger partial charge in [-0.2, -0.15) is 0 Å². The molecule has 0 aliphatic carbocycles. The molecule has 2 heterocycles. The number of aliphatic hydroxyl groups excluding tert-OH is 8. The summed E-state index contributed by atoms with van der Waals surface area (Å²) in [5.74, 6) is -0.286. The standard InChI is InChI=1S/C42H77NO13/c1-3-5-7-8-9-10-11-12-13-14-15-16-17-18-19-20-21-22-23-24-25-31(46)30(43-34(47)26-6-4-2)29-53-41-39(52)37(50)40(33(28-45)55-41)56-42-38(51)36(49)35(48)32(27-44)54-42/h20-21,24-25,30-33,35-42,44-46,48-52H,3-19,22-23,26-29H2,1-2H3,(H,43,47)/b21-20+,25-24+. The molecule has 56 heavy (non-hydrogen) atoms. The minimum absolute atomic E-state index is 0.248. The molecule has 1 amide bonds. The van der Waals surface area contributed by atoms with Gasteiger partial charge in [0.2, 0.25) is 5.91 Å². The normalized spacial score (nSPS) is 29.6. The molecule has 0 saturated carbocycles. The van der Waals surface area contributed by atoms with E-state index in [9.17, 15) is 45.6 Å². The summed E-state index contributed by atoms with van der Waals surface area (Å²) in [6, 6.07) is -0.921. The van der Waals surface area contributed by atoms with Crippen LogP contribution in [-0.4, -0.2) is 140 Å². The van der Waals surface area contributed by atoms with Crippen molar-refractivity contribution in [1.82, 2.24) is 5.32 Å². The minimum Gasteiger partial charge on any atom is -0.394 e. The van der Waals surface area contributed by atoms with Gasteiger partial charge in [0, 0.05) is 6.42 Å². The smallest absolute Gasteiger partial charge is 0.220 e. The van der Waals surface area contributed by atoms with Crippen LogP contribution in [0.5, 0.6) is 0 Å². The van der Waals surface area contributed by atoms with E-state index in [0.29, 0.717) is 12.8 Å². The van der Waals surface area contributed by atoms with E-state index in [-0.39, 0.29) is 18.9 Å². The Balaban J connectivity index is 1.77. The molecule has 0 spiro atoms. The van der Waals surface area contributed by atoms with Crippen LogP contribution >= 0.6 is 0 Å². The van der Waals surface area contributed by atoms with Crippen LogP contribution in [0.25, 0.3) is 0 Å². The summed E-state index contributed by atoms with van der Waals surface area (Å²) in [6.07, 6.45) is 13.8. The quantitative estimate of drug-likeness (QED) is 0.0362. The van der Waals surface area contributed by atoms with Gasteiger partial charge in [-0.05, 0) is 32.1 Å². The maximum Gasteiger partial charge on any atom is 0.220 e. The number of hydrogen-bond acceptors (Lipinski definition) is 13. The molecule has 0 radical (unpaired) electrons. The van der Waals surface area contributed by atoms with Crippen LogP contribution in [0.4, 0.5) is 0 Å². The Morgan fingerprint density at radius 3 is 1.73 bits per heavy atom. The Morgan fingerprint density at radius 2 is 1.14 bits per heavy atom. The fourth-order valence-corrected chi connectivity index (χ4v) is 6.99. The number of ether oxygens (including phenoxy) is 4. The Labute approximate surface area is 335 Å². The lowest BCUT2D eigenvalue weighted by atomic mass is 9.97. The van der Waals surface area contributed by atoms with Gasteiger partial charge in [-0.1, -0.05) is 128 Å². The van der Waals surface area contributed by atoms with Gasteiger partial charge in [0.1, 0.15) is 48.8 Å². The van der Waals surface area contributed by atoms with E-state index in [1.54, 1.807) is 6.08 Å². The number of nitrogens with one attached hydrogen (secondary N) is 1. The van der Waals surface area contributed by atoms with Gasteiger partial charge in [-0.15, -0.1) is 0 Å². The maximum atomic E-state index is 12.6. The molecule has 0 aromatic carbocycles. The predicted octanol–water partition coefficient (Wildman–Crippen LogP) is 3.43. The predicted molar refractivity (Wildman–Crippen MR) is 212 cm³/mol. The van der Waals surface area contributed by atoms with Crippen LogP contribution in [0.15, 0.2) is 24.3 Å². The van der Waals surface area contributed by atoms with E-state index in [1.165, 1.54) is 89.9 Å². The van der Waals surface area contributed by atoms with Gasteiger partial charge in [0.25, 0.3) is 0 Å². The fraction of sp³-hybridized carbons (Fsp3) is 0.881. The Hall–Kier alpha value is -1.53. The monoisotopic (exact) mass is 804 g/mol. The van der Waals surface area contributed by atoms with Crippen molar-refractivity contribution in [3.63, 3.8) is 0 Å². The molecule has 2 fully saturated rings. The van der Waals surface area contributed by atoms with Gasteiger partial charge >= 0.3 is 0 Å². The molecule has 9 N–H and O–H groups in total. The largest absolute Gasteiger partial charge is 0.394 e. The summed E-state index contributed by atoms with van der Waals surface area (Å²) < 4.78 is 22.4. The lowest BCUT2D eigenvalue weighted by molar-refractivity contribution is -0.359. The molecule has 0 aromatic heterocycles. The minimum atomic E-state index is -1.79. The average Bonchev–Trinajstić information content (AvgIpc) is 3.20. The third kappa shape index (κ3) is 19.0. The molecule has 12 unspecified atom stereocenters. The summed E-state index contributed by atoms with van der Waals surface area (Å²) in [5, 5.41) is 85.6. The van der Waals surface area contributed by atoms with Crippen molar-refractivity contribution >= 4 is 5.91 Å². The zero-order chi connectivity index (χ0) is 41.1. The first-order valence-electron chi connectivity index (χ1n) is 21.6. The second-order valence-electron chi connectivity index (χ2n) is 15.5. The van der Waals surface area contributed by atoms with Crippen LogP contribution in [0.2, 0.25) is 0 Å². The van der Waals surface area contributed by atoms with E-state index in [0.717, 1.165) is 19.3 Å². The van der Waals surface area contributed by atoms with Crippen molar-refractivity contribution in [2.24, 2.45) is 0 Å². The highest BCUT2D eigenvalue weighted by atomic mass is 16.7. The third-order valence-corrected chi connectivity index (χ3v) is 10.6. The van der Waals surface area contributed by atoms with Gasteiger partial charge in [-0.25, -0.2) is 0 Å². The molecule has 12 atom stereocenters. The fourth-order valence-electron chi connectivity index (χ4n) is 6.99. The van der Waals surface area contributed by atoms with Gasteiger partial charge < -0.3 is 65.1 Å². The van der Waals surface area contributed by atoms with Gasteiger partial charge in [-0.3, -0.25) is 4.79 Å². The number of aliphatic hydroxyl groups is 8. The Bertz CT molecular complexity index is 1050. The SMILES string of the molecule is CCCCCCCCCCCCCCCC/C=C/CC/C=C/C(O)C(COC1OC(CO)C(OC2OC(CO)C(O)C(O)C2O)C(O)C1O)NC(=O)CCCC. The number of rotatable bonds is 31. The molecular formula is C42H77NO13. The highest BCUT2D eigenvalue weighted by Crippen LogP contribution is 2.30. The van der Waals surface area contributed by atoms with Crippen molar-refractivity contribution in [3.8, 4) is 0 Å². The van der Waals surface area contributed by atoms with E-state index in [2.05, 4.69) is 24.4 Å². The summed E-state index contributed by atoms with van der Waals surface area (Å²) in [4.78, 5) is 12.6. The van der Waals surface area contributed by atoms with Crippen molar-refractivity contribution < 1.29 is 64.6 Å². The highest BCUT2D eigenvalue weighted by Gasteiger charge is 2.50. The first kappa shape index (κ1) is 50.6. The molecule has 2 aliphatic heterocycles. The molecule has 14 nitrogen and oxygen atoms in total. The first-order valence-corrected chi connectivity index (χ1v) is 21.6. The van der Waals surface area contributed by atoms with E-state index >= 15 is 0 Å². The third-order valence-electron chi connectivity index (χ3n) is 10.6. The van der Waals surface area contributed by atoms with E-state index in [1.807, 2.05) is 13.0 Å². The molecule has 14 heteroatoms. The van der Waals surface area contributed by atoms with Crippen molar-refractivity contribution in [1.29, 1.82) is 0 Å². The molecule has 0 bridgehead atoms. The second-order valence-corrected chi connectivity index (χ2v) is 15.5. The average molecular weight is 804 g/mol. The number of unbranched alkanes of at least 4 members (excludes halogenated alkanes) is 16. The van der Waals surface area contributed by atoms with Crippen LogP contribution in [0.3, 0.4) is 0 Å². The summed E-state index contributed by atoms with van der Waals surface area (Å²) in [6.45, 7) is 2.48. The summed E-state index contributed by atoms with van der Waals surface area (Å²) >= 11 is 0. The van der Waals surface area contributed by atoms with Crippen molar-refractivity contribution in [2.75, 3.05) is 19.8 Å². The molecule has 328 valence electrons. The van der Waals surface area contributed by atoms with Gasteiger partial charge in [0.15, 0.2) is 12.6 Å². The number of allylic oxidation sites excluding steroid dienone is 3. The lowest BCUT2D eigenvalue weighted by Crippen LogP contribution is -2.65. The number of amides is 1. The lowest BCUT2D eigenvalue weighted by Gasteiger charge is -2.46. The highest BCUT2D eigenvalue weighted by molar-refractivity contribution is 5.76.